The molecular formula is C18H18N2O2S2. The highest BCUT2D eigenvalue weighted by Crippen LogP contribution is 2.22. The molecule has 124 valence electrons. The summed E-state index contributed by atoms with van der Waals surface area (Å²) in [6.45, 7) is 2.11. The number of hydrogen-bond acceptors (Lipinski definition) is 4. The topological polar surface area (TPSA) is 43.6 Å². The fourth-order valence-electron chi connectivity index (χ4n) is 2.36. The third-order valence-corrected chi connectivity index (χ3v) is 5.61. The molecule has 0 aliphatic carbocycles. The third kappa shape index (κ3) is 3.39. The Bertz CT molecular complexity index is 940. The summed E-state index contributed by atoms with van der Waals surface area (Å²) >= 11 is 3.23. The van der Waals surface area contributed by atoms with E-state index in [2.05, 4.69) is 11.9 Å². The quantitative estimate of drug-likeness (QED) is 0.660. The molecule has 0 atom stereocenters. The van der Waals surface area contributed by atoms with Gasteiger partial charge in [0.05, 0.1) is 17.3 Å². The highest BCUT2D eigenvalue weighted by molar-refractivity contribution is 7.99. The SMILES string of the molecule is CCSc1ccc(C(=O)N=c2sc3cc(OC)ccc3n2C)cc1. The Hall–Kier alpha value is -2.05. The van der Waals surface area contributed by atoms with Crippen molar-refractivity contribution in [2.75, 3.05) is 12.9 Å². The fraction of sp³-hybridized carbons (Fsp3) is 0.222. The van der Waals surface area contributed by atoms with Crippen molar-refractivity contribution in [3.63, 3.8) is 0 Å². The van der Waals surface area contributed by atoms with Crippen molar-refractivity contribution in [3.05, 3.63) is 52.8 Å². The Morgan fingerprint density at radius 2 is 2.00 bits per heavy atom. The van der Waals surface area contributed by atoms with E-state index in [0.29, 0.717) is 10.4 Å². The van der Waals surface area contributed by atoms with E-state index in [1.165, 1.54) is 11.3 Å². The van der Waals surface area contributed by atoms with Gasteiger partial charge in [-0.25, -0.2) is 0 Å². The summed E-state index contributed by atoms with van der Waals surface area (Å²) in [5, 5.41) is 0. The number of thioether (sulfide) groups is 1. The van der Waals surface area contributed by atoms with Crippen molar-refractivity contribution >= 4 is 39.2 Å². The van der Waals surface area contributed by atoms with Crippen molar-refractivity contribution in [1.29, 1.82) is 0 Å². The van der Waals surface area contributed by atoms with Gasteiger partial charge in [-0.05, 0) is 48.2 Å². The first-order chi connectivity index (χ1) is 11.6. The molecule has 0 aliphatic rings. The van der Waals surface area contributed by atoms with Gasteiger partial charge in [0.2, 0.25) is 0 Å². The third-order valence-electron chi connectivity index (χ3n) is 3.63. The van der Waals surface area contributed by atoms with Gasteiger partial charge in [0, 0.05) is 17.5 Å². The average molecular weight is 358 g/mol. The normalized spacial score (nSPS) is 11.9. The van der Waals surface area contributed by atoms with Crippen LogP contribution in [-0.2, 0) is 7.05 Å². The van der Waals surface area contributed by atoms with Gasteiger partial charge < -0.3 is 9.30 Å². The standard InChI is InChI=1S/C18H18N2O2S2/c1-4-23-14-8-5-12(6-9-14)17(21)19-18-20(2)15-10-7-13(22-3)11-16(15)24-18/h5-11H,4H2,1-3H3. The molecular weight excluding hydrogens is 340 g/mol. The number of aromatic nitrogens is 1. The number of ether oxygens (including phenoxy) is 1. The summed E-state index contributed by atoms with van der Waals surface area (Å²) in [4.78, 5) is 18.6. The Balaban J connectivity index is 1.96. The van der Waals surface area contributed by atoms with E-state index in [0.717, 1.165) is 26.6 Å². The van der Waals surface area contributed by atoms with E-state index in [1.807, 2.05) is 54.1 Å². The molecule has 1 aromatic heterocycles. The van der Waals surface area contributed by atoms with E-state index in [-0.39, 0.29) is 5.91 Å². The molecule has 0 spiro atoms. The van der Waals surface area contributed by atoms with Crippen LogP contribution in [0.4, 0.5) is 0 Å². The minimum absolute atomic E-state index is 0.225. The van der Waals surface area contributed by atoms with Crippen LogP contribution < -0.4 is 9.54 Å². The number of benzene rings is 2. The highest BCUT2D eigenvalue weighted by Gasteiger charge is 2.08. The highest BCUT2D eigenvalue weighted by atomic mass is 32.2. The van der Waals surface area contributed by atoms with Gasteiger partial charge in [0.15, 0.2) is 4.80 Å². The Morgan fingerprint density at radius 1 is 1.25 bits per heavy atom. The van der Waals surface area contributed by atoms with Gasteiger partial charge in [-0.1, -0.05) is 18.3 Å². The molecule has 0 aliphatic heterocycles. The maximum absolute atomic E-state index is 12.4. The molecule has 0 saturated carbocycles. The van der Waals surface area contributed by atoms with Crippen molar-refractivity contribution in [2.24, 2.45) is 12.0 Å². The first kappa shape index (κ1) is 16.8. The molecule has 3 aromatic rings. The number of nitrogens with zero attached hydrogens (tertiary/aromatic N) is 2. The number of aryl methyl sites for hydroxylation is 1. The molecule has 24 heavy (non-hydrogen) atoms. The number of methoxy groups -OCH3 is 1. The maximum atomic E-state index is 12.4. The van der Waals surface area contributed by atoms with Crippen molar-refractivity contribution in [2.45, 2.75) is 11.8 Å². The first-order valence-corrected chi connectivity index (χ1v) is 9.38. The molecule has 4 nitrogen and oxygen atoms in total. The lowest BCUT2D eigenvalue weighted by Gasteiger charge is -2.00. The van der Waals surface area contributed by atoms with Crippen molar-refractivity contribution in [1.82, 2.24) is 4.57 Å². The molecule has 0 unspecified atom stereocenters. The molecule has 6 heteroatoms. The summed E-state index contributed by atoms with van der Waals surface area (Å²) in [6, 6.07) is 13.4. The van der Waals surface area contributed by atoms with E-state index >= 15 is 0 Å². The zero-order chi connectivity index (χ0) is 17.1. The van der Waals surface area contributed by atoms with Gasteiger partial charge in [-0.15, -0.1) is 11.8 Å². The van der Waals surface area contributed by atoms with Crippen LogP contribution in [0.15, 0.2) is 52.4 Å². The lowest BCUT2D eigenvalue weighted by atomic mass is 10.2. The summed E-state index contributed by atoms with van der Waals surface area (Å²) in [7, 11) is 3.56. The lowest BCUT2D eigenvalue weighted by Crippen LogP contribution is -2.13. The first-order valence-electron chi connectivity index (χ1n) is 7.58. The largest absolute Gasteiger partial charge is 0.497 e. The predicted molar refractivity (Wildman–Crippen MR) is 100 cm³/mol. The molecule has 0 bridgehead atoms. The Morgan fingerprint density at radius 3 is 2.67 bits per heavy atom. The zero-order valence-corrected chi connectivity index (χ0v) is 15.4. The van der Waals surface area contributed by atoms with Crippen LogP contribution in [0.3, 0.4) is 0 Å². The summed E-state index contributed by atoms with van der Waals surface area (Å²) in [5.41, 5.74) is 1.63. The van der Waals surface area contributed by atoms with Gasteiger partial charge in [0.25, 0.3) is 5.91 Å². The second kappa shape index (κ2) is 7.23. The summed E-state index contributed by atoms with van der Waals surface area (Å²) in [6.07, 6.45) is 0. The van der Waals surface area contributed by atoms with Crippen molar-refractivity contribution < 1.29 is 9.53 Å². The van der Waals surface area contributed by atoms with E-state index in [1.54, 1.807) is 18.9 Å². The second-order valence-corrected chi connectivity index (χ2v) is 7.50. The molecule has 0 radical (unpaired) electrons. The number of carbonyl (C=O) groups is 1. The average Bonchev–Trinajstić information content (AvgIpc) is 2.91. The van der Waals surface area contributed by atoms with Crippen molar-refractivity contribution in [3.8, 4) is 5.75 Å². The van der Waals surface area contributed by atoms with Crippen LogP contribution in [-0.4, -0.2) is 23.3 Å². The van der Waals surface area contributed by atoms with Gasteiger partial charge in [-0.3, -0.25) is 4.79 Å². The van der Waals surface area contributed by atoms with E-state index in [4.69, 9.17) is 4.74 Å². The molecule has 2 aromatic carbocycles. The van der Waals surface area contributed by atoms with Gasteiger partial charge in [0.1, 0.15) is 5.75 Å². The minimum Gasteiger partial charge on any atom is -0.497 e. The number of hydrogen-bond donors (Lipinski definition) is 0. The lowest BCUT2D eigenvalue weighted by molar-refractivity contribution is 0.0998. The maximum Gasteiger partial charge on any atom is 0.279 e. The van der Waals surface area contributed by atoms with Crippen LogP contribution in [0.1, 0.15) is 17.3 Å². The van der Waals surface area contributed by atoms with Crippen LogP contribution in [0.2, 0.25) is 0 Å². The monoisotopic (exact) mass is 358 g/mol. The molecule has 0 saturated heterocycles. The molecule has 3 rings (SSSR count). The Labute approximate surface area is 148 Å². The van der Waals surface area contributed by atoms with Crippen LogP contribution >= 0.6 is 23.1 Å². The van der Waals surface area contributed by atoms with E-state index in [9.17, 15) is 4.79 Å². The van der Waals surface area contributed by atoms with Crippen LogP contribution in [0.5, 0.6) is 5.75 Å². The minimum atomic E-state index is -0.225. The molecule has 0 N–H and O–H groups in total. The smallest absolute Gasteiger partial charge is 0.279 e. The zero-order valence-electron chi connectivity index (χ0n) is 13.8. The number of thiazole rings is 1. The number of amides is 1. The van der Waals surface area contributed by atoms with Crippen LogP contribution in [0, 0.1) is 0 Å². The molecule has 0 fully saturated rings. The second-order valence-electron chi connectivity index (χ2n) is 5.15. The number of fused-ring (bicyclic) bond motifs is 1. The fourth-order valence-corrected chi connectivity index (χ4v) is 4.07. The Kier molecular flexibility index (Phi) is 5.06. The van der Waals surface area contributed by atoms with E-state index < -0.39 is 0 Å². The number of rotatable bonds is 4. The van der Waals surface area contributed by atoms with Gasteiger partial charge >= 0.3 is 0 Å². The summed E-state index contributed by atoms with van der Waals surface area (Å²) < 4.78 is 8.22. The summed E-state index contributed by atoms with van der Waals surface area (Å²) in [5.74, 6) is 1.59. The molecule has 1 heterocycles. The number of carbonyl (C=O) groups excluding carboxylic acids is 1. The van der Waals surface area contributed by atoms with Gasteiger partial charge in [-0.2, -0.15) is 4.99 Å². The molecule has 1 amide bonds. The van der Waals surface area contributed by atoms with Crippen LogP contribution in [0.25, 0.3) is 10.2 Å². The predicted octanol–water partition coefficient (Wildman–Crippen LogP) is 4.10.